The maximum Gasteiger partial charge on any atom is 0.336 e. The van der Waals surface area contributed by atoms with Gasteiger partial charge >= 0.3 is 5.97 Å². The number of carboxylic acid groups (broad SMARTS) is 1. The Morgan fingerprint density at radius 3 is 2.44 bits per heavy atom. The molecule has 0 amide bonds. The molecule has 1 saturated carbocycles. The van der Waals surface area contributed by atoms with Crippen molar-refractivity contribution in [1.29, 1.82) is 0 Å². The van der Waals surface area contributed by atoms with E-state index in [1.165, 1.54) is 56.9 Å². The van der Waals surface area contributed by atoms with Crippen LogP contribution in [0.3, 0.4) is 0 Å². The summed E-state index contributed by atoms with van der Waals surface area (Å²) in [5.41, 5.74) is 3.90. The number of unbranched alkanes of at least 4 members (excludes halogenated alkanes) is 2. The zero-order chi connectivity index (χ0) is 24.0. The molecule has 2 aromatic carbocycles. The van der Waals surface area contributed by atoms with E-state index in [9.17, 15) is 9.90 Å². The average Bonchev–Trinajstić information content (AvgIpc) is 2.89. The molecule has 0 aromatic heterocycles. The molecule has 0 saturated heterocycles. The molecule has 1 N–H and O–H groups in total. The third kappa shape index (κ3) is 5.36. The fourth-order valence-corrected chi connectivity index (χ4v) is 5.75. The largest absolute Gasteiger partial charge is 0.478 e. The van der Waals surface area contributed by atoms with Gasteiger partial charge in [-0.2, -0.15) is 0 Å². The number of carbonyl (C=O) groups is 1. The maximum absolute atomic E-state index is 12.2. The second kappa shape index (κ2) is 11.2. The Bertz CT molecular complexity index is 1030. The third-order valence-electron chi connectivity index (χ3n) is 7.89. The quantitative estimate of drug-likeness (QED) is 0.386. The predicted molar refractivity (Wildman–Crippen MR) is 139 cm³/mol. The van der Waals surface area contributed by atoms with Crippen molar-refractivity contribution in [3.8, 4) is 0 Å². The van der Waals surface area contributed by atoms with Crippen LogP contribution in [-0.4, -0.2) is 18.2 Å². The van der Waals surface area contributed by atoms with E-state index in [-0.39, 0.29) is 0 Å². The zero-order valence-corrected chi connectivity index (χ0v) is 20.6. The molecule has 2 aromatic rings. The first kappa shape index (κ1) is 24.5. The van der Waals surface area contributed by atoms with Gasteiger partial charge in [0.05, 0.1) is 5.56 Å². The Morgan fingerprint density at radius 2 is 1.82 bits per heavy atom. The Hall–Kier alpha value is -2.65. The summed E-state index contributed by atoms with van der Waals surface area (Å²) in [7, 11) is 1.69. The number of hydrogen-bond donors (Lipinski definition) is 1. The molecule has 4 rings (SSSR count). The molecule has 0 radical (unpaired) electrons. The normalized spacial score (nSPS) is 24.6. The van der Waals surface area contributed by atoms with Crippen LogP contribution >= 0.6 is 0 Å². The summed E-state index contributed by atoms with van der Waals surface area (Å²) >= 11 is 0. The molecule has 2 aliphatic rings. The van der Waals surface area contributed by atoms with Gasteiger partial charge in [-0.15, -0.1) is 0 Å². The van der Waals surface area contributed by atoms with Crippen LogP contribution in [0.15, 0.2) is 66.8 Å². The SMILES string of the molecule is CCCCCC1CCC(c2ccc(C(=O)O)c(C3(OC)C=CC(c4ccccc4)=CC3)c2)CC1. The minimum atomic E-state index is -0.899. The highest BCUT2D eigenvalue weighted by atomic mass is 16.5. The summed E-state index contributed by atoms with van der Waals surface area (Å²) in [6.45, 7) is 2.27. The second-order valence-corrected chi connectivity index (χ2v) is 9.98. The van der Waals surface area contributed by atoms with E-state index in [1.54, 1.807) is 13.2 Å². The minimum Gasteiger partial charge on any atom is -0.478 e. The van der Waals surface area contributed by atoms with E-state index in [2.05, 4.69) is 37.3 Å². The van der Waals surface area contributed by atoms with Gasteiger partial charge in [0.15, 0.2) is 0 Å². The van der Waals surface area contributed by atoms with Crippen LogP contribution in [0.5, 0.6) is 0 Å². The van der Waals surface area contributed by atoms with Crippen LogP contribution in [0.4, 0.5) is 0 Å². The van der Waals surface area contributed by atoms with Gasteiger partial charge in [0, 0.05) is 19.1 Å². The lowest BCUT2D eigenvalue weighted by Gasteiger charge is -2.34. The van der Waals surface area contributed by atoms with Crippen LogP contribution in [0, 0.1) is 5.92 Å². The van der Waals surface area contributed by atoms with Crippen molar-refractivity contribution in [2.45, 2.75) is 76.2 Å². The summed E-state index contributed by atoms with van der Waals surface area (Å²) < 4.78 is 6.06. The number of carboxylic acids is 1. The van der Waals surface area contributed by atoms with Crippen LogP contribution in [0.1, 0.15) is 97.7 Å². The number of benzene rings is 2. The van der Waals surface area contributed by atoms with Gasteiger partial charge in [-0.3, -0.25) is 0 Å². The minimum absolute atomic E-state index is 0.333. The van der Waals surface area contributed by atoms with E-state index in [0.29, 0.717) is 17.9 Å². The number of rotatable bonds is 9. The van der Waals surface area contributed by atoms with Gasteiger partial charge in [-0.05, 0) is 66.4 Å². The first-order valence-corrected chi connectivity index (χ1v) is 12.9. The zero-order valence-electron chi connectivity index (χ0n) is 20.6. The van der Waals surface area contributed by atoms with Gasteiger partial charge in [-0.1, -0.05) is 87.2 Å². The van der Waals surface area contributed by atoms with Crippen molar-refractivity contribution < 1.29 is 14.6 Å². The molecular weight excluding hydrogens is 420 g/mol. The molecule has 34 heavy (non-hydrogen) atoms. The Balaban J connectivity index is 1.56. The van der Waals surface area contributed by atoms with Crippen LogP contribution in [-0.2, 0) is 10.3 Å². The lowest BCUT2D eigenvalue weighted by Crippen LogP contribution is -2.30. The lowest BCUT2D eigenvalue weighted by molar-refractivity contribution is 0.0289. The fourth-order valence-electron chi connectivity index (χ4n) is 5.75. The molecule has 0 heterocycles. The molecule has 1 unspecified atom stereocenters. The summed E-state index contributed by atoms with van der Waals surface area (Å²) in [4.78, 5) is 12.2. The van der Waals surface area contributed by atoms with Crippen LogP contribution < -0.4 is 0 Å². The molecule has 1 fully saturated rings. The topological polar surface area (TPSA) is 46.5 Å². The molecule has 2 aliphatic carbocycles. The van der Waals surface area contributed by atoms with Gasteiger partial charge < -0.3 is 9.84 Å². The van der Waals surface area contributed by atoms with Gasteiger partial charge in [0.1, 0.15) is 5.60 Å². The smallest absolute Gasteiger partial charge is 0.336 e. The molecule has 0 bridgehead atoms. The van der Waals surface area contributed by atoms with E-state index in [0.717, 1.165) is 22.6 Å². The maximum atomic E-state index is 12.2. The monoisotopic (exact) mass is 458 g/mol. The summed E-state index contributed by atoms with van der Waals surface area (Å²) in [6.07, 6.45) is 17.2. The Kier molecular flexibility index (Phi) is 8.05. The Morgan fingerprint density at radius 1 is 1.06 bits per heavy atom. The van der Waals surface area contributed by atoms with Gasteiger partial charge in [-0.25, -0.2) is 4.79 Å². The number of ether oxygens (including phenoxy) is 1. The number of aromatic carboxylic acids is 1. The van der Waals surface area contributed by atoms with Crippen molar-refractivity contribution in [1.82, 2.24) is 0 Å². The first-order chi connectivity index (χ1) is 16.6. The highest BCUT2D eigenvalue weighted by Crippen LogP contribution is 2.42. The first-order valence-electron chi connectivity index (χ1n) is 12.9. The van der Waals surface area contributed by atoms with E-state index in [4.69, 9.17) is 4.74 Å². The number of allylic oxidation sites excluding steroid dienone is 2. The molecular formula is C31H38O3. The summed E-state index contributed by atoms with van der Waals surface area (Å²) in [6, 6.07) is 16.2. The molecule has 180 valence electrons. The predicted octanol–water partition coefficient (Wildman–Crippen LogP) is 8.12. The van der Waals surface area contributed by atoms with Crippen molar-refractivity contribution in [3.63, 3.8) is 0 Å². The van der Waals surface area contributed by atoms with E-state index >= 15 is 0 Å². The number of hydrogen-bond acceptors (Lipinski definition) is 2. The second-order valence-electron chi connectivity index (χ2n) is 9.98. The molecule has 0 aliphatic heterocycles. The highest BCUT2D eigenvalue weighted by molar-refractivity contribution is 5.90. The standard InChI is InChI=1S/C31H38O3/c1-3-4-6-9-23-12-14-25(15-13-23)27-16-17-28(30(32)33)29(22-27)31(34-2)20-18-26(19-21-31)24-10-7-5-8-11-24/h5,7-8,10-11,16-20,22-23,25H,3-4,6,9,12-15,21H2,1-2H3,(H,32,33). The van der Waals surface area contributed by atoms with Gasteiger partial charge in [0.25, 0.3) is 0 Å². The van der Waals surface area contributed by atoms with E-state index < -0.39 is 11.6 Å². The third-order valence-corrected chi connectivity index (χ3v) is 7.89. The summed E-state index contributed by atoms with van der Waals surface area (Å²) in [5, 5.41) is 9.98. The Labute approximate surface area is 204 Å². The molecule has 0 spiro atoms. The lowest BCUT2D eigenvalue weighted by atomic mass is 9.75. The van der Waals surface area contributed by atoms with Crippen molar-refractivity contribution in [2.24, 2.45) is 5.92 Å². The fraction of sp³-hybridized carbons (Fsp3) is 0.452. The van der Waals surface area contributed by atoms with Crippen molar-refractivity contribution in [2.75, 3.05) is 7.11 Å². The number of methoxy groups -OCH3 is 1. The van der Waals surface area contributed by atoms with Crippen molar-refractivity contribution in [3.05, 3.63) is 89.0 Å². The van der Waals surface area contributed by atoms with Gasteiger partial charge in [0.2, 0.25) is 0 Å². The molecule has 3 nitrogen and oxygen atoms in total. The molecule has 3 heteroatoms. The van der Waals surface area contributed by atoms with Crippen molar-refractivity contribution >= 4 is 11.5 Å². The van der Waals surface area contributed by atoms with E-state index in [1.807, 2.05) is 30.3 Å². The average molecular weight is 459 g/mol. The van der Waals surface area contributed by atoms with Crippen LogP contribution in [0.2, 0.25) is 0 Å². The van der Waals surface area contributed by atoms with Crippen LogP contribution in [0.25, 0.3) is 5.57 Å². The highest BCUT2D eigenvalue weighted by Gasteiger charge is 2.35. The summed E-state index contributed by atoms with van der Waals surface area (Å²) in [5.74, 6) is 0.457. The molecule has 1 atom stereocenters.